The van der Waals surface area contributed by atoms with Gasteiger partial charge in [0.15, 0.2) is 0 Å². The Kier molecular flexibility index (Phi) is 6.77. The lowest BCUT2D eigenvalue weighted by atomic mass is 9.87. The van der Waals surface area contributed by atoms with Gasteiger partial charge >= 0.3 is 0 Å². The van der Waals surface area contributed by atoms with Gasteiger partial charge in [0.1, 0.15) is 17.9 Å². The number of hydrogen-bond acceptors (Lipinski definition) is 6. The van der Waals surface area contributed by atoms with Crippen molar-refractivity contribution in [2.75, 3.05) is 31.3 Å². The molecule has 0 saturated heterocycles. The van der Waals surface area contributed by atoms with Crippen LogP contribution in [0, 0.1) is 5.92 Å². The standard InChI is InChI=1S/C26H29N5O3/c1-15(16(2)20-8-7-19(26(33)27-3)10-23(20)34-4)13-28-24-12-21(29-14-30-24)17-5-6-18-11-25(32)31-22(18)9-17/h5-10,12,14-16H,11,13H2,1-4H3,(H,27,33)(H,31,32)(H,28,29,30)/t15-,16?/m1/s1. The van der Waals surface area contributed by atoms with E-state index in [1.165, 1.54) is 6.33 Å². The molecule has 0 fully saturated rings. The molecule has 8 heteroatoms. The maximum absolute atomic E-state index is 11.9. The van der Waals surface area contributed by atoms with Gasteiger partial charge in [0.25, 0.3) is 5.91 Å². The highest BCUT2D eigenvalue weighted by atomic mass is 16.5. The molecule has 1 unspecified atom stereocenters. The summed E-state index contributed by atoms with van der Waals surface area (Å²) in [4.78, 5) is 32.4. The first-order valence-electron chi connectivity index (χ1n) is 11.3. The Labute approximate surface area is 199 Å². The molecule has 0 radical (unpaired) electrons. The van der Waals surface area contributed by atoms with Crippen molar-refractivity contribution in [3.8, 4) is 17.0 Å². The summed E-state index contributed by atoms with van der Waals surface area (Å²) >= 11 is 0. The van der Waals surface area contributed by atoms with Crippen molar-refractivity contribution < 1.29 is 14.3 Å². The molecule has 4 rings (SSSR count). The number of carbonyl (C=O) groups excluding carboxylic acids is 2. The number of ether oxygens (including phenoxy) is 1. The van der Waals surface area contributed by atoms with E-state index in [-0.39, 0.29) is 23.7 Å². The lowest BCUT2D eigenvalue weighted by Gasteiger charge is -2.23. The molecule has 1 aliphatic rings. The van der Waals surface area contributed by atoms with E-state index >= 15 is 0 Å². The van der Waals surface area contributed by atoms with Gasteiger partial charge in [-0.15, -0.1) is 0 Å². The lowest BCUT2D eigenvalue weighted by Crippen LogP contribution is -2.20. The SMILES string of the molecule is CNC(=O)c1ccc(C(C)[C@H](C)CNc2cc(-c3ccc4c(c3)NC(=O)C4)ncn2)c(OC)c1. The van der Waals surface area contributed by atoms with Crippen LogP contribution >= 0.6 is 0 Å². The number of methoxy groups -OCH3 is 1. The molecule has 3 aromatic rings. The van der Waals surface area contributed by atoms with Crippen molar-refractivity contribution in [2.45, 2.75) is 26.2 Å². The fourth-order valence-corrected chi connectivity index (χ4v) is 4.11. The van der Waals surface area contributed by atoms with Crippen LogP contribution < -0.4 is 20.7 Å². The van der Waals surface area contributed by atoms with E-state index in [0.717, 1.165) is 33.9 Å². The minimum Gasteiger partial charge on any atom is -0.496 e. The summed E-state index contributed by atoms with van der Waals surface area (Å²) in [6.45, 7) is 5.00. The van der Waals surface area contributed by atoms with E-state index in [9.17, 15) is 9.59 Å². The minimum absolute atomic E-state index is 0.0141. The van der Waals surface area contributed by atoms with Crippen LogP contribution in [0.2, 0.25) is 0 Å². The van der Waals surface area contributed by atoms with E-state index in [1.54, 1.807) is 20.2 Å². The van der Waals surface area contributed by atoms with Crippen molar-refractivity contribution in [1.29, 1.82) is 0 Å². The minimum atomic E-state index is -0.141. The Bertz CT molecular complexity index is 1230. The van der Waals surface area contributed by atoms with Crippen LogP contribution in [0.25, 0.3) is 11.3 Å². The molecular weight excluding hydrogens is 430 g/mol. The van der Waals surface area contributed by atoms with Crippen LogP contribution in [0.1, 0.15) is 41.3 Å². The van der Waals surface area contributed by atoms with Crippen molar-refractivity contribution in [2.24, 2.45) is 5.92 Å². The van der Waals surface area contributed by atoms with Crippen LogP contribution in [0.5, 0.6) is 5.75 Å². The quantitative estimate of drug-likeness (QED) is 0.472. The first-order chi connectivity index (χ1) is 16.4. The fourth-order valence-electron chi connectivity index (χ4n) is 4.11. The lowest BCUT2D eigenvalue weighted by molar-refractivity contribution is -0.115. The van der Waals surface area contributed by atoms with E-state index in [1.807, 2.05) is 36.4 Å². The molecule has 3 N–H and O–H groups in total. The number of amides is 2. The predicted molar refractivity (Wildman–Crippen MR) is 132 cm³/mol. The van der Waals surface area contributed by atoms with Gasteiger partial charge in [0.05, 0.1) is 19.2 Å². The van der Waals surface area contributed by atoms with E-state index in [0.29, 0.717) is 24.3 Å². The molecule has 8 nitrogen and oxygen atoms in total. The second-order valence-corrected chi connectivity index (χ2v) is 8.57. The summed E-state index contributed by atoms with van der Waals surface area (Å²) in [5, 5.41) is 8.94. The zero-order valence-corrected chi connectivity index (χ0v) is 19.8. The molecule has 0 spiro atoms. The first-order valence-corrected chi connectivity index (χ1v) is 11.3. The summed E-state index contributed by atoms with van der Waals surface area (Å²) in [6.07, 6.45) is 1.96. The van der Waals surface area contributed by atoms with Crippen LogP contribution in [0.4, 0.5) is 11.5 Å². The summed E-state index contributed by atoms with van der Waals surface area (Å²) in [5.41, 5.74) is 5.17. The Morgan fingerprint density at radius 1 is 1.15 bits per heavy atom. The van der Waals surface area contributed by atoms with Gasteiger partial charge in [0.2, 0.25) is 5.91 Å². The zero-order chi connectivity index (χ0) is 24.2. The third-order valence-corrected chi connectivity index (χ3v) is 6.37. The van der Waals surface area contributed by atoms with Crippen molar-refractivity contribution >= 4 is 23.3 Å². The molecule has 0 saturated carbocycles. The van der Waals surface area contributed by atoms with Crippen molar-refractivity contribution in [1.82, 2.24) is 15.3 Å². The van der Waals surface area contributed by atoms with Crippen LogP contribution in [0.3, 0.4) is 0 Å². The summed E-state index contributed by atoms with van der Waals surface area (Å²) in [6, 6.07) is 13.4. The maximum Gasteiger partial charge on any atom is 0.251 e. The van der Waals surface area contributed by atoms with Crippen LogP contribution in [-0.4, -0.2) is 42.5 Å². The summed E-state index contributed by atoms with van der Waals surface area (Å²) in [5.74, 6) is 1.75. The van der Waals surface area contributed by atoms with Gasteiger partial charge in [-0.1, -0.05) is 32.0 Å². The van der Waals surface area contributed by atoms with Gasteiger partial charge < -0.3 is 20.7 Å². The molecule has 2 amide bonds. The number of benzene rings is 2. The third kappa shape index (κ3) is 4.85. The van der Waals surface area contributed by atoms with Crippen LogP contribution in [0.15, 0.2) is 48.8 Å². The first kappa shape index (κ1) is 23.2. The molecule has 2 atom stereocenters. The van der Waals surface area contributed by atoms with Gasteiger partial charge in [-0.2, -0.15) is 0 Å². The molecule has 1 aromatic heterocycles. The van der Waals surface area contributed by atoms with Gasteiger partial charge in [-0.05, 0) is 41.2 Å². The predicted octanol–water partition coefficient (Wildman–Crippen LogP) is 3.86. The molecule has 0 bridgehead atoms. The second-order valence-electron chi connectivity index (χ2n) is 8.57. The smallest absolute Gasteiger partial charge is 0.251 e. The average Bonchev–Trinajstić information content (AvgIpc) is 3.25. The Hall–Kier alpha value is -3.94. The van der Waals surface area contributed by atoms with E-state index in [4.69, 9.17) is 4.74 Å². The molecule has 2 heterocycles. The maximum atomic E-state index is 11.9. The summed E-state index contributed by atoms with van der Waals surface area (Å²) in [7, 11) is 3.23. The molecule has 1 aliphatic heterocycles. The molecule has 0 aliphatic carbocycles. The molecular formula is C26H29N5O3. The topological polar surface area (TPSA) is 105 Å². The number of carbonyl (C=O) groups is 2. The number of aromatic nitrogens is 2. The number of nitrogens with zero attached hydrogens (tertiary/aromatic N) is 2. The van der Waals surface area contributed by atoms with Crippen molar-refractivity contribution in [3.63, 3.8) is 0 Å². The number of fused-ring (bicyclic) bond motifs is 1. The van der Waals surface area contributed by atoms with Crippen molar-refractivity contribution in [3.05, 3.63) is 65.5 Å². The summed E-state index contributed by atoms with van der Waals surface area (Å²) < 4.78 is 5.57. The van der Waals surface area contributed by atoms with E-state index in [2.05, 4.69) is 39.8 Å². The van der Waals surface area contributed by atoms with Gasteiger partial charge in [-0.3, -0.25) is 9.59 Å². The Balaban J connectivity index is 1.44. The Morgan fingerprint density at radius 3 is 2.74 bits per heavy atom. The largest absolute Gasteiger partial charge is 0.496 e. The highest BCUT2D eigenvalue weighted by molar-refractivity contribution is 6.00. The third-order valence-electron chi connectivity index (χ3n) is 6.37. The molecule has 2 aromatic carbocycles. The van der Waals surface area contributed by atoms with E-state index < -0.39 is 0 Å². The van der Waals surface area contributed by atoms with Gasteiger partial charge in [-0.25, -0.2) is 9.97 Å². The Morgan fingerprint density at radius 2 is 1.97 bits per heavy atom. The average molecular weight is 460 g/mol. The van der Waals surface area contributed by atoms with Crippen LogP contribution in [-0.2, 0) is 11.2 Å². The molecule has 34 heavy (non-hydrogen) atoms. The highest BCUT2D eigenvalue weighted by Gasteiger charge is 2.20. The number of hydrogen-bond donors (Lipinski definition) is 3. The number of rotatable bonds is 8. The zero-order valence-electron chi connectivity index (χ0n) is 19.8. The molecule has 176 valence electrons. The van der Waals surface area contributed by atoms with Gasteiger partial charge in [0, 0.05) is 36.5 Å². The highest BCUT2D eigenvalue weighted by Crippen LogP contribution is 2.33. The number of anilines is 2. The normalized spacial score (nSPS) is 14.1. The fraction of sp³-hybridized carbons (Fsp3) is 0.308. The number of nitrogens with one attached hydrogen (secondary N) is 3. The monoisotopic (exact) mass is 459 g/mol. The second kappa shape index (κ2) is 9.91.